The molecule has 1 fully saturated rings. The van der Waals surface area contributed by atoms with Crippen molar-refractivity contribution in [3.63, 3.8) is 0 Å². The summed E-state index contributed by atoms with van der Waals surface area (Å²) in [6.45, 7) is 0. The second kappa shape index (κ2) is 6.84. The number of ether oxygens (including phenoxy) is 1. The van der Waals surface area contributed by atoms with E-state index in [1.807, 2.05) is 12.1 Å². The maximum absolute atomic E-state index is 11.1. The SMILES string of the molecule is COC(=O)NC1CCC(O)(C#Cc2ccc(Cl)cc2)CC1. The van der Waals surface area contributed by atoms with Crippen molar-refractivity contribution in [1.29, 1.82) is 0 Å². The first-order valence-corrected chi connectivity index (χ1v) is 7.24. The second-order valence-corrected chi connectivity index (χ2v) is 5.64. The Kier molecular flexibility index (Phi) is 5.11. The van der Waals surface area contributed by atoms with Gasteiger partial charge in [0.2, 0.25) is 0 Å². The number of hydrogen-bond acceptors (Lipinski definition) is 3. The van der Waals surface area contributed by atoms with Crippen LogP contribution in [-0.2, 0) is 4.74 Å². The van der Waals surface area contributed by atoms with Gasteiger partial charge in [-0.2, -0.15) is 0 Å². The van der Waals surface area contributed by atoms with Gasteiger partial charge in [-0.25, -0.2) is 4.79 Å². The highest BCUT2D eigenvalue weighted by Gasteiger charge is 2.32. The molecule has 2 rings (SSSR count). The summed E-state index contributed by atoms with van der Waals surface area (Å²) < 4.78 is 4.57. The van der Waals surface area contributed by atoms with E-state index >= 15 is 0 Å². The largest absolute Gasteiger partial charge is 0.453 e. The normalized spacial score (nSPS) is 24.6. The van der Waals surface area contributed by atoms with E-state index in [0.29, 0.717) is 30.7 Å². The number of aliphatic hydroxyl groups is 1. The van der Waals surface area contributed by atoms with Crippen LogP contribution in [0.25, 0.3) is 0 Å². The van der Waals surface area contributed by atoms with Crippen LogP contribution in [0.2, 0.25) is 5.02 Å². The van der Waals surface area contributed by atoms with E-state index in [4.69, 9.17) is 11.6 Å². The van der Waals surface area contributed by atoms with Crippen molar-refractivity contribution in [2.24, 2.45) is 0 Å². The summed E-state index contributed by atoms with van der Waals surface area (Å²) in [6, 6.07) is 7.22. The molecule has 5 heteroatoms. The number of hydrogen-bond donors (Lipinski definition) is 2. The van der Waals surface area contributed by atoms with Crippen molar-refractivity contribution in [3.8, 4) is 11.8 Å². The Balaban J connectivity index is 1.93. The third-order valence-electron chi connectivity index (χ3n) is 3.60. The van der Waals surface area contributed by atoms with Crippen molar-refractivity contribution >= 4 is 17.7 Å². The first-order valence-electron chi connectivity index (χ1n) is 6.86. The van der Waals surface area contributed by atoms with E-state index in [-0.39, 0.29) is 6.04 Å². The molecular weight excluding hydrogens is 290 g/mol. The van der Waals surface area contributed by atoms with Gasteiger partial charge in [-0.05, 0) is 49.9 Å². The van der Waals surface area contributed by atoms with E-state index in [2.05, 4.69) is 21.9 Å². The zero-order valence-electron chi connectivity index (χ0n) is 11.9. The molecule has 0 unspecified atom stereocenters. The quantitative estimate of drug-likeness (QED) is 0.784. The molecule has 1 aromatic carbocycles. The summed E-state index contributed by atoms with van der Waals surface area (Å²) >= 11 is 5.82. The summed E-state index contributed by atoms with van der Waals surface area (Å²) in [4.78, 5) is 11.1. The molecular formula is C16H18ClNO3. The molecule has 1 saturated carbocycles. The van der Waals surface area contributed by atoms with Gasteiger partial charge in [-0.3, -0.25) is 0 Å². The average Bonchev–Trinajstić information content (AvgIpc) is 2.49. The molecule has 1 aliphatic carbocycles. The summed E-state index contributed by atoms with van der Waals surface area (Å²) in [5.41, 5.74) is -0.170. The Morgan fingerprint density at radius 3 is 2.57 bits per heavy atom. The fourth-order valence-corrected chi connectivity index (χ4v) is 2.44. The number of halogens is 1. The van der Waals surface area contributed by atoms with E-state index in [9.17, 15) is 9.90 Å². The van der Waals surface area contributed by atoms with E-state index < -0.39 is 11.7 Å². The van der Waals surface area contributed by atoms with E-state index in [0.717, 1.165) is 5.56 Å². The van der Waals surface area contributed by atoms with E-state index in [1.54, 1.807) is 12.1 Å². The Bertz CT molecular complexity index is 551. The predicted molar refractivity (Wildman–Crippen MR) is 81.1 cm³/mol. The molecule has 21 heavy (non-hydrogen) atoms. The molecule has 0 bridgehead atoms. The number of methoxy groups -OCH3 is 1. The van der Waals surface area contributed by atoms with Gasteiger partial charge in [-0.15, -0.1) is 0 Å². The molecule has 0 heterocycles. The minimum atomic E-state index is -0.992. The monoisotopic (exact) mass is 307 g/mol. The van der Waals surface area contributed by atoms with Crippen LogP contribution in [0.4, 0.5) is 4.79 Å². The third-order valence-corrected chi connectivity index (χ3v) is 3.86. The van der Waals surface area contributed by atoms with Gasteiger partial charge in [-0.1, -0.05) is 23.4 Å². The fourth-order valence-electron chi connectivity index (χ4n) is 2.31. The van der Waals surface area contributed by atoms with Crippen LogP contribution in [0.3, 0.4) is 0 Å². The van der Waals surface area contributed by atoms with Crippen molar-refractivity contribution in [2.75, 3.05) is 7.11 Å². The highest BCUT2D eigenvalue weighted by molar-refractivity contribution is 6.30. The highest BCUT2D eigenvalue weighted by atomic mass is 35.5. The minimum absolute atomic E-state index is 0.0371. The number of alkyl carbamates (subject to hydrolysis) is 1. The van der Waals surface area contributed by atoms with Gasteiger partial charge in [0.25, 0.3) is 0 Å². The predicted octanol–water partition coefficient (Wildman–Crippen LogP) is 2.72. The van der Waals surface area contributed by atoms with Crippen molar-refractivity contribution in [2.45, 2.75) is 37.3 Å². The third kappa shape index (κ3) is 4.66. The zero-order valence-corrected chi connectivity index (χ0v) is 12.6. The first-order chi connectivity index (χ1) is 10.0. The lowest BCUT2D eigenvalue weighted by atomic mass is 9.82. The zero-order chi connectivity index (χ0) is 15.3. The number of nitrogens with one attached hydrogen (secondary N) is 1. The molecule has 0 atom stereocenters. The van der Waals surface area contributed by atoms with Crippen LogP contribution < -0.4 is 5.32 Å². The van der Waals surface area contributed by atoms with Gasteiger partial charge >= 0.3 is 6.09 Å². The van der Waals surface area contributed by atoms with Gasteiger partial charge in [0.05, 0.1) is 7.11 Å². The van der Waals surface area contributed by atoms with Crippen molar-refractivity contribution in [1.82, 2.24) is 5.32 Å². The summed E-state index contributed by atoms with van der Waals surface area (Å²) in [5, 5.41) is 13.9. The lowest BCUT2D eigenvalue weighted by Gasteiger charge is -2.32. The molecule has 1 amide bonds. The maximum Gasteiger partial charge on any atom is 0.407 e. The van der Waals surface area contributed by atoms with Crippen LogP contribution in [0, 0.1) is 11.8 Å². The molecule has 2 N–H and O–H groups in total. The number of benzene rings is 1. The number of carbonyl (C=O) groups is 1. The number of carbonyl (C=O) groups excluding carboxylic acids is 1. The molecule has 112 valence electrons. The summed E-state index contributed by atoms with van der Waals surface area (Å²) in [7, 11) is 1.34. The molecule has 0 aliphatic heterocycles. The molecule has 0 aromatic heterocycles. The topological polar surface area (TPSA) is 58.6 Å². The fraction of sp³-hybridized carbons (Fsp3) is 0.438. The Morgan fingerprint density at radius 2 is 2.00 bits per heavy atom. The van der Waals surface area contributed by atoms with E-state index in [1.165, 1.54) is 7.11 Å². The molecule has 0 saturated heterocycles. The Labute approximate surface area is 129 Å². The van der Waals surface area contributed by atoms with Crippen LogP contribution in [0.15, 0.2) is 24.3 Å². The lowest BCUT2D eigenvalue weighted by Crippen LogP contribution is -2.42. The summed E-state index contributed by atoms with van der Waals surface area (Å²) in [5.74, 6) is 5.92. The smallest absolute Gasteiger partial charge is 0.407 e. The molecule has 1 aliphatic rings. The minimum Gasteiger partial charge on any atom is -0.453 e. The van der Waals surface area contributed by atoms with Gasteiger partial charge in [0.1, 0.15) is 5.60 Å². The maximum atomic E-state index is 11.1. The van der Waals surface area contributed by atoms with Crippen LogP contribution in [0.5, 0.6) is 0 Å². The van der Waals surface area contributed by atoms with Gasteiger partial charge in [0.15, 0.2) is 0 Å². The van der Waals surface area contributed by atoms with Crippen molar-refractivity contribution < 1.29 is 14.6 Å². The first kappa shape index (κ1) is 15.7. The molecule has 0 spiro atoms. The molecule has 0 radical (unpaired) electrons. The van der Waals surface area contributed by atoms with Crippen LogP contribution in [-0.4, -0.2) is 30.0 Å². The Hall–Kier alpha value is -1.70. The van der Waals surface area contributed by atoms with Gasteiger partial charge < -0.3 is 15.2 Å². The lowest BCUT2D eigenvalue weighted by molar-refractivity contribution is 0.0503. The number of rotatable bonds is 1. The number of amides is 1. The Morgan fingerprint density at radius 1 is 1.38 bits per heavy atom. The van der Waals surface area contributed by atoms with Crippen molar-refractivity contribution in [3.05, 3.63) is 34.9 Å². The van der Waals surface area contributed by atoms with Gasteiger partial charge in [0, 0.05) is 16.6 Å². The summed E-state index contributed by atoms with van der Waals surface area (Å²) in [6.07, 6.45) is 1.99. The molecule has 1 aromatic rings. The average molecular weight is 308 g/mol. The molecule has 4 nitrogen and oxygen atoms in total. The van der Waals surface area contributed by atoms with Crippen LogP contribution in [0.1, 0.15) is 31.2 Å². The van der Waals surface area contributed by atoms with Crippen LogP contribution >= 0.6 is 11.6 Å². The standard InChI is InChI=1S/C16H18ClNO3/c1-21-15(19)18-14-7-10-16(20,11-8-14)9-6-12-2-4-13(17)5-3-12/h2-5,14,20H,7-8,10-11H2,1H3,(H,18,19). The second-order valence-electron chi connectivity index (χ2n) is 5.20. The highest BCUT2D eigenvalue weighted by Crippen LogP contribution is 2.28.